The number of rotatable bonds is 1. The second kappa shape index (κ2) is 3.51. The van der Waals surface area contributed by atoms with E-state index in [4.69, 9.17) is 9.47 Å². The molecule has 1 aliphatic carbocycles. The van der Waals surface area contributed by atoms with Gasteiger partial charge in [0.05, 0.1) is 12.2 Å². The molecule has 0 aromatic carbocycles. The highest BCUT2D eigenvalue weighted by Gasteiger charge is 2.26. The van der Waals surface area contributed by atoms with Gasteiger partial charge in [0.15, 0.2) is 6.29 Å². The minimum atomic E-state index is -0.214. The molecule has 2 unspecified atom stereocenters. The molecule has 1 heterocycles. The Morgan fingerprint density at radius 1 is 1.31 bits per heavy atom. The molecule has 1 aliphatic heterocycles. The van der Waals surface area contributed by atoms with Crippen LogP contribution in [-0.4, -0.2) is 18.5 Å². The third-order valence-electron chi connectivity index (χ3n) is 2.25. The molecule has 2 aliphatic rings. The monoisotopic (exact) mass is 178 g/mol. The number of hydrogen-bond acceptors (Lipinski definition) is 2. The van der Waals surface area contributed by atoms with E-state index in [0.717, 1.165) is 12.0 Å². The van der Waals surface area contributed by atoms with Gasteiger partial charge in [0.2, 0.25) is 0 Å². The summed E-state index contributed by atoms with van der Waals surface area (Å²) < 4.78 is 11.3. The third-order valence-corrected chi connectivity index (χ3v) is 2.25. The van der Waals surface area contributed by atoms with Gasteiger partial charge in [-0.05, 0) is 32.4 Å². The van der Waals surface area contributed by atoms with Crippen LogP contribution < -0.4 is 0 Å². The Bertz CT molecular complexity index is 274. The van der Waals surface area contributed by atoms with Gasteiger partial charge in [-0.2, -0.15) is 0 Å². The molecule has 0 N–H and O–H groups in total. The molecule has 0 amide bonds. The van der Waals surface area contributed by atoms with Crippen LogP contribution in [0.5, 0.6) is 0 Å². The van der Waals surface area contributed by atoms with Crippen molar-refractivity contribution in [2.45, 2.75) is 38.8 Å². The normalized spacial score (nSPS) is 38.0. The Morgan fingerprint density at radius 3 is 2.54 bits per heavy atom. The Morgan fingerprint density at radius 2 is 2.00 bits per heavy atom. The van der Waals surface area contributed by atoms with Crippen molar-refractivity contribution in [2.75, 3.05) is 0 Å². The zero-order chi connectivity index (χ0) is 9.26. The highest BCUT2D eigenvalue weighted by atomic mass is 16.7. The lowest BCUT2D eigenvalue weighted by Gasteiger charge is -2.32. The van der Waals surface area contributed by atoms with Crippen LogP contribution in [0.2, 0.25) is 0 Å². The van der Waals surface area contributed by atoms with Crippen molar-refractivity contribution >= 4 is 0 Å². The summed E-state index contributed by atoms with van der Waals surface area (Å²) in [4.78, 5) is 0. The molecule has 0 aromatic heterocycles. The maximum atomic E-state index is 5.65. The van der Waals surface area contributed by atoms with Gasteiger partial charge in [-0.1, -0.05) is 6.08 Å². The van der Waals surface area contributed by atoms with Crippen LogP contribution in [-0.2, 0) is 9.47 Å². The first-order valence-corrected chi connectivity index (χ1v) is 4.70. The first kappa shape index (κ1) is 8.76. The lowest BCUT2D eigenvalue weighted by molar-refractivity contribution is -0.213. The Balaban J connectivity index is 2.07. The van der Waals surface area contributed by atoms with Crippen molar-refractivity contribution in [3.63, 3.8) is 0 Å². The van der Waals surface area contributed by atoms with Crippen LogP contribution in [0.15, 0.2) is 29.5 Å². The fourth-order valence-corrected chi connectivity index (χ4v) is 1.67. The summed E-state index contributed by atoms with van der Waals surface area (Å²) in [6.45, 7) is 4.16. The predicted octanol–water partition coefficient (Wildman–Crippen LogP) is 2.18. The molecule has 2 rings (SSSR count). The van der Waals surface area contributed by atoms with Gasteiger partial charge in [0.1, 0.15) is 0 Å². The Hall–Kier alpha value is -0.820. The summed E-state index contributed by atoms with van der Waals surface area (Å²) >= 11 is 0. The van der Waals surface area contributed by atoms with Gasteiger partial charge < -0.3 is 9.47 Å². The van der Waals surface area contributed by atoms with E-state index in [9.17, 15) is 0 Å². The number of allylic oxidation sites excluding steroid dienone is 1. The molecule has 70 valence electrons. The van der Waals surface area contributed by atoms with Crippen molar-refractivity contribution in [2.24, 2.45) is 0 Å². The van der Waals surface area contributed by atoms with Gasteiger partial charge in [-0.25, -0.2) is 0 Å². The van der Waals surface area contributed by atoms with E-state index < -0.39 is 0 Å². The zero-order valence-corrected chi connectivity index (χ0v) is 7.99. The molecule has 2 heteroatoms. The summed E-state index contributed by atoms with van der Waals surface area (Å²) in [6, 6.07) is 0. The minimum Gasteiger partial charge on any atom is -0.345 e. The minimum absolute atomic E-state index is 0.214. The Labute approximate surface area is 78.5 Å². The molecule has 0 radical (unpaired) electrons. The largest absolute Gasteiger partial charge is 0.345 e. The van der Waals surface area contributed by atoms with Gasteiger partial charge >= 0.3 is 0 Å². The molecule has 0 aromatic rings. The summed E-state index contributed by atoms with van der Waals surface area (Å²) in [5.74, 6) is 0. The first-order chi connectivity index (χ1) is 6.25. The van der Waals surface area contributed by atoms with Gasteiger partial charge in [-0.15, -0.1) is 5.73 Å². The summed E-state index contributed by atoms with van der Waals surface area (Å²) in [6.07, 6.45) is 7.12. The second-order valence-electron chi connectivity index (χ2n) is 3.59. The van der Waals surface area contributed by atoms with Crippen LogP contribution >= 0.6 is 0 Å². The van der Waals surface area contributed by atoms with E-state index in [-0.39, 0.29) is 18.5 Å². The lowest BCUT2D eigenvalue weighted by Crippen LogP contribution is -2.35. The quantitative estimate of drug-likeness (QED) is 0.573. The van der Waals surface area contributed by atoms with E-state index in [1.165, 1.54) is 0 Å². The first-order valence-electron chi connectivity index (χ1n) is 4.70. The molecular formula is C11H14O2. The molecule has 2 nitrogen and oxygen atoms in total. The smallest absolute Gasteiger partial charge is 0.191 e. The van der Waals surface area contributed by atoms with Gasteiger partial charge in [0, 0.05) is 5.57 Å². The molecular weight excluding hydrogens is 164 g/mol. The SMILES string of the molecule is CC1CC(C)OC(C2=C=CC=C2)O1. The maximum absolute atomic E-state index is 5.65. The molecule has 0 bridgehead atoms. The van der Waals surface area contributed by atoms with Crippen LogP contribution in [0.4, 0.5) is 0 Å². The van der Waals surface area contributed by atoms with Crippen LogP contribution in [0.1, 0.15) is 20.3 Å². The van der Waals surface area contributed by atoms with E-state index in [2.05, 4.69) is 19.6 Å². The van der Waals surface area contributed by atoms with Gasteiger partial charge in [0.25, 0.3) is 0 Å². The fraction of sp³-hybridized carbons (Fsp3) is 0.545. The topological polar surface area (TPSA) is 18.5 Å². The van der Waals surface area contributed by atoms with E-state index in [0.29, 0.717) is 0 Å². The predicted molar refractivity (Wildman–Crippen MR) is 50.2 cm³/mol. The fourth-order valence-electron chi connectivity index (χ4n) is 1.67. The standard InChI is InChI=1S/C11H14O2/c1-8-7-9(2)13-11(12-8)10-5-3-4-6-10/h3-5,8-9,11H,7H2,1-2H3. The van der Waals surface area contributed by atoms with Crippen molar-refractivity contribution < 1.29 is 9.47 Å². The van der Waals surface area contributed by atoms with Crippen LogP contribution in [0.3, 0.4) is 0 Å². The number of hydrogen-bond donors (Lipinski definition) is 0. The van der Waals surface area contributed by atoms with E-state index in [1.54, 1.807) is 0 Å². The molecule has 13 heavy (non-hydrogen) atoms. The van der Waals surface area contributed by atoms with Crippen molar-refractivity contribution in [3.05, 3.63) is 29.5 Å². The molecule has 0 spiro atoms. The molecule has 2 atom stereocenters. The van der Waals surface area contributed by atoms with E-state index >= 15 is 0 Å². The van der Waals surface area contributed by atoms with E-state index in [1.807, 2.05) is 18.2 Å². The van der Waals surface area contributed by atoms with Gasteiger partial charge in [-0.3, -0.25) is 0 Å². The summed E-state index contributed by atoms with van der Waals surface area (Å²) in [7, 11) is 0. The lowest BCUT2D eigenvalue weighted by atomic mass is 10.1. The average molecular weight is 178 g/mol. The van der Waals surface area contributed by atoms with Crippen molar-refractivity contribution in [1.29, 1.82) is 0 Å². The molecule has 1 fully saturated rings. The molecule has 0 saturated carbocycles. The second-order valence-corrected chi connectivity index (χ2v) is 3.59. The highest BCUT2D eigenvalue weighted by Crippen LogP contribution is 2.23. The van der Waals surface area contributed by atoms with Crippen molar-refractivity contribution in [3.8, 4) is 0 Å². The van der Waals surface area contributed by atoms with Crippen LogP contribution in [0.25, 0.3) is 0 Å². The summed E-state index contributed by atoms with van der Waals surface area (Å²) in [5.41, 5.74) is 4.10. The highest BCUT2D eigenvalue weighted by molar-refractivity contribution is 5.31. The third kappa shape index (κ3) is 1.92. The Kier molecular flexibility index (Phi) is 2.36. The maximum Gasteiger partial charge on any atom is 0.191 e. The molecule has 1 saturated heterocycles. The van der Waals surface area contributed by atoms with Crippen LogP contribution in [0, 0.1) is 0 Å². The summed E-state index contributed by atoms with van der Waals surface area (Å²) in [5, 5.41) is 0. The van der Waals surface area contributed by atoms with Crippen molar-refractivity contribution in [1.82, 2.24) is 0 Å². The average Bonchev–Trinajstić information content (AvgIpc) is 2.53. The zero-order valence-electron chi connectivity index (χ0n) is 7.99. The number of ether oxygens (including phenoxy) is 2.